The summed E-state index contributed by atoms with van der Waals surface area (Å²) in [5.41, 5.74) is 6.44. The van der Waals surface area contributed by atoms with Crippen molar-refractivity contribution < 1.29 is 0 Å². The third-order valence-electron chi connectivity index (χ3n) is 4.37. The van der Waals surface area contributed by atoms with Crippen LogP contribution in [0.4, 0.5) is 5.69 Å². The second kappa shape index (κ2) is 4.89. The number of rotatable bonds is 1. The molecule has 20 heavy (non-hydrogen) atoms. The number of nitrogens with one attached hydrogen (secondary N) is 1. The lowest BCUT2D eigenvalue weighted by Crippen LogP contribution is -2.12. The Balaban J connectivity index is 1.73. The first-order chi connectivity index (χ1) is 9.90. The van der Waals surface area contributed by atoms with E-state index < -0.39 is 0 Å². The molecule has 1 N–H and O–H groups in total. The highest BCUT2D eigenvalue weighted by molar-refractivity contribution is 5.64. The van der Waals surface area contributed by atoms with E-state index in [1.807, 2.05) is 6.20 Å². The van der Waals surface area contributed by atoms with Crippen LogP contribution in [-0.2, 0) is 19.3 Å². The zero-order valence-electron chi connectivity index (χ0n) is 11.7. The second-order valence-corrected chi connectivity index (χ2v) is 5.77. The van der Waals surface area contributed by atoms with Gasteiger partial charge < -0.3 is 5.32 Å². The molecule has 0 bridgehead atoms. The molecule has 0 saturated heterocycles. The minimum Gasteiger partial charge on any atom is -0.385 e. The molecule has 3 nitrogen and oxygen atoms in total. The minimum absolute atomic E-state index is 0.888. The van der Waals surface area contributed by atoms with Crippen molar-refractivity contribution >= 4 is 5.69 Å². The third-order valence-corrected chi connectivity index (χ3v) is 4.37. The van der Waals surface area contributed by atoms with Gasteiger partial charge in [-0.15, -0.1) is 0 Å². The Morgan fingerprint density at radius 2 is 1.85 bits per heavy atom. The number of hydrogen-bond acceptors (Lipinski definition) is 3. The highest BCUT2D eigenvalue weighted by Crippen LogP contribution is 2.28. The lowest BCUT2D eigenvalue weighted by molar-refractivity contribution is 0.663. The van der Waals surface area contributed by atoms with Gasteiger partial charge in [-0.2, -0.15) is 0 Å². The van der Waals surface area contributed by atoms with Crippen LogP contribution in [0.25, 0.3) is 11.4 Å². The predicted molar refractivity (Wildman–Crippen MR) is 80.9 cm³/mol. The van der Waals surface area contributed by atoms with E-state index in [4.69, 9.17) is 4.98 Å². The van der Waals surface area contributed by atoms with Crippen LogP contribution < -0.4 is 5.32 Å². The Morgan fingerprint density at radius 3 is 2.85 bits per heavy atom. The number of nitrogens with zero attached hydrogens (tertiary/aromatic N) is 2. The number of aryl methyl sites for hydroxylation is 3. The molecule has 0 unspecified atom stereocenters. The molecule has 0 spiro atoms. The smallest absolute Gasteiger partial charge is 0.159 e. The van der Waals surface area contributed by atoms with Gasteiger partial charge in [0.25, 0.3) is 0 Å². The van der Waals surface area contributed by atoms with E-state index in [0.29, 0.717) is 0 Å². The molecule has 2 heterocycles. The van der Waals surface area contributed by atoms with E-state index in [1.165, 1.54) is 41.8 Å². The molecule has 0 fully saturated rings. The first-order valence-electron chi connectivity index (χ1n) is 7.62. The van der Waals surface area contributed by atoms with Gasteiger partial charge in [-0.25, -0.2) is 9.97 Å². The second-order valence-electron chi connectivity index (χ2n) is 5.77. The van der Waals surface area contributed by atoms with Crippen molar-refractivity contribution in [1.29, 1.82) is 0 Å². The lowest BCUT2D eigenvalue weighted by atomic mass is 9.97. The summed E-state index contributed by atoms with van der Waals surface area (Å²) < 4.78 is 0. The fourth-order valence-corrected chi connectivity index (χ4v) is 3.23. The molecule has 3 heteroatoms. The molecule has 4 rings (SSSR count). The molecule has 1 aliphatic heterocycles. The predicted octanol–water partition coefficient (Wildman–Crippen LogP) is 3.38. The molecule has 0 saturated carbocycles. The van der Waals surface area contributed by atoms with E-state index in [9.17, 15) is 0 Å². The van der Waals surface area contributed by atoms with Gasteiger partial charge in [-0.1, -0.05) is 0 Å². The Kier molecular flexibility index (Phi) is 2.91. The quantitative estimate of drug-likeness (QED) is 0.859. The number of aromatic nitrogens is 2. The van der Waals surface area contributed by atoms with E-state index in [1.54, 1.807) is 0 Å². The van der Waals surface area contributed by atoms with Crippen LogP contribution in [0.1, 0.15) is 36.1 Å². The molecule has 1 aromatic heterocycles. The van der Waals surface area contributed by atoms with E-state index in [-0.39, 0.29) is 0 Å². The van der Waals surface area contributed by atoms with Crippen molar-refractivity contribution in [3.05, 3.63) is 41.2 Å². The van der Waals surface area contributed by atoms with Crippen molar-refractivity contribution in [2.24, 2.45) is 0 Å². The fraction of sp³-hybridized carbons (Fsp3) is 0.412. The lowest BCUT2D eigenvalue weighted by Gasteiger charge is -2.19. The molecular weight excluding hydrogens is 246 g/mol. The van der Waals surface area contributed by atoms with E-state index in [0.717, 1.165) is 37.2 Å². The summed E-state index contributed by atoms with van der Waals surface area (Å²) in [5.74, 6) is 0.888. The van der Waals surface area contributed by atoms with Gasteiger partial charge in [0.05, 0.1) is 0 Å². The van der Waals surface area contributed by atoms with Gasteiger partial charge >= 0.3 is 0 Å². The first kappa shape index (κ1) is 11.9. The Morgan fingerprint density at radius 1 is 0.950 bits per heavy atom. The normalized spacial score (nSPS) is 17.0. The summed E-state index contributed by atoms with van der Waals surface area (Å²) in [4.78, 5) is 9.38. The Bertz CT molecular complexity index is 591. The first-order valence-corrected chi connectivity index (χ1v) is 7.62. The number of benzene rings is 1. The largest absolute Gasteiger partial charge is 0.385 e. The van der Waals surface area contributed by atoms with Crippen molar-refractivity contribution in [2.75, 3.05) is 11.9 Å². The topological polar surface area (TPSA) is 37.8 Å². The molecular formula is C17H19N3. The number of hydrogen-bond donors (Lipinski definition) is 1. The van der Waals surface area contributed by atoms with Crippen molar-refractivity contribution in [3.63, 3.8) is 0 Å². The standard InChI is InChI=1S/C17H19N3/c1-2-6-16-14(4-1)11-19-17(20-16)13-7-8-15-12(10-13)5-3-9-18-15/h7-8,10-11,18H,1-6,9H2. The summed E-state index contributed by atoms with van der Waals surface area (Å²) in [6.07, 6.45) is 9.19. The zero-order chi connectivity index (χ0) is 13.4. The summed E-state index contributed by atoms with van der Waals surface area (Å²) >= 11 is 0. The van der Waals surface area contributed by atoms with Crippen LogP contribution in [0.15, 0.2) is 24.4 Å². The molecule has 1 aromatic carbocycles. The highest BCUT2D eigenvalue weighted by atomic mass is 14.9. The monoisotopic (exact) mass is 265 g/mol. The van der Waals surface area contributed by atoms with E-state index >= 15 is 0 Å². The molecule has 102 valence electrons. The molecule has 0 radical (unpaired) electrons. The summed E-state index contributed by atoms with van der Waals surface area (Å²) in [6.45, 7) is 1.09. The molecule has 1 aliphatic carbocycles. The molecule has 0 atom stereocenters. The fourth-order valence-electron chi connectivity index (χ4n) is 3.23. The van der Waals surface area contributed by atoms with Crippen LogP contribution in [0.5, 0.6) is 0 Å². The average molecular weight is 265 g/mol. The number of fused-ring (bicyclic) bond motifs is 2. The SMILES string of the molecule is c1cc2c(cc1-c1ncc3c(n1)CCCC3)CCCN2. The van der Waals surface area contributed by atoms with Gasteiger partial charge in [-0.05, 0) is 67.9 Å². The third kappa shape index (κ3) is 2.07. The Labute approximate surface area is 119 Å². The van der Waals surface area contributed by atoms with Gasteiger partial charge in [0.2, 0.25) is 0 Å². The van der Waals surface area contributed by atoms with Crippen LogP contribution in [0, 0.1) is 0 Å². The van der Waals surface area contributed by atoms with Crippen molar-refractivity contribution in [2.45, 2.75) is 38.5 Å². The van der Waals surface area contributed by atoms with Crippen LogP contribution in [0.3, 0.4) is 0 Å². The summed E-state index contributed by atoms with van der Waals surface area (Å²) in [7, 11) is 0. The van der Waals surface area contributed by atoms with Crippen LogP contribution in [-0.4, -0.2) is 16.5 Å². The van der Waals surface area contributed by atoms with Gasteiger partial charge in [0.1, 0.15) is 0 Å². The summed E-state index contributed by atoms with van der Waals surface area (Å²) in [5, 5.41) is 3.45. The maximum Gasteiger partial charge on any atom is 0.159 e. The van der Waals surface area contributed by atoms with E-state index in [2.05, 4.69) is 28.5 Å². The maximum absolute atomic E-state index is 4.80. The van der Waals surface area contributed by atoms with Crippen LogP contribution >= 0.6 is 0 Å². The zero-order valence-corrected chi connectivity index (χ0v) is 11.7. The Hall–Kier alpha value is -1.90. The molecule has 0 amide bonds. The van der Waals surface area contributed by atoms with Crippen molar-refractivity contribution in [1.82, 2.24) is 9.97 Å². The molecule has 2 aromatic rings. The minimum atomic E-state index is 0.888. The van der Waals surface area contributed by atoms with Crippen LogP contribution in [0.2, 0.25) is 0 Å². The van der Waals surface area contributed by atoms with Gasteiger partial charge in [0.15, 0.2) is 5.82 Å². The maximum atomic E-state index is 4.80. The van der Waals surface area contributed by atoms with Gasteiger partial charge in [-0.3, -0.25) is 0 Å². The summed E-state index contributed by atoms with van der Waals surface area (Å²) in [6, 6.07) is 6.57. The van der Waals surface area contributed by atoms with Crippen molar-refractivity contribution in [3.8, 4) is 11.4 Å². The average Bonchev–Trinajstić information content (AvgIpc) is 2.54. The molecule has 2 aliphatic rings. The number of anilines is 1. The highest BCUT2D eigenvalue weighted by Gasteiger charge is 2.14. The van der Waals surface area contributed by atoms with Gasteiger partial charge in [0, 0.05) is 29.7 Å².